The fraction of sp³-hybridized carbons (Fsp3) is 0.0390. The van der Waals surface area contributed by atoms with Crippen molar-refractivity contribution in [1.29, 1.82) is 0 Å². The zero-order valence-electron chi connectivity index (χ0n) is 46.0. The molecule has 0 saturated heterocycles. The summed E-state index contributed by atoms with van der Waals surface area (Å²) in [4.78, 5) is 0. The molecule has 0 atom stereocenters. The number of aromatic nitrogens is 1. The third kappa shape index (κ3) is 11.7. The molecular formula is C77H63N5. The molecule has 0 aliphatic heterocycles. The maximum atomic E-state index is 3.51. The SMILES string of the molecule is CC1(C)c2ccccc2-c2cc(Nc3ccccc3)ccc21.c1ccc(Nc2ccc3c4ccccc4n(-c4ccccc4)c3c2)cc1.c1ccc(Nc2ccc3ccccc3c2)cc1.c1ccc(Nc2cccc3ccccc23)cc1. The number of nitrogens with zero attached hydrogens (tertiary/aromatic N) is 1. The Bertz CT molecular complexity index is 4390. The molecule has 1 aromatic heterocycles. The number of nitrogens with one attached hydrogen (secondary N) is 4. The summed E-state index contributed by atoms with van der Waals surface area (Å²) in [6.45, 7) is 4.62. The molecule has 1 heterocycles. The van der Waals surface area contributed by atoms with Gasteiger partial charge in [0, 0.05) is 72.8 Å². The number of fused-ring (bicyclic) bond motifs is 8. The third-order valence-electron chi connectivity index (χ3n) is 15.1. The summed E-state index contributed by atoms with van der Waals surface area (Å²) in [5.74, 6) is 0. The minimum absolute atomic E-state index is 0.0806. The van der Waals surface area contributed by atoms with Gasteiger partial charge in [-0.05, 0) is 148 Å². The predicted octanol–water partition coefficient (Wildman–Crippen LogP) is 21.4. The van der Waals surface area contributed by atoms with Crippen LogP contribution in [-0.4, -0.2) is 4.57 Å². The summed E-state index contributed by atoms with van der Waals surface area (Å²) >= 11 is 0. The fourth-order valence-electron chi connectivity index (χ4n) is 11.0. The topological polar surface area (TPSA) is 53.0 Å². The summed E-state index contributed by atoms with van der Waals surface area (Å²) in [5, 5.41) is 21.4. The highest BCUT2D eigenvalue weighted by molar-refractivity contribution is 6.10. The van der Waals surface area contributed by atoms with Crippen molar-refractivity contribution in [2.45, 2.75) is 19.3 Å². The van der Waals surface area contributed by atoms with Gasteiger partial charge in [-0.3, -0.25) is 0 Å². The summed E-state index contributed by atoms with van der Waals surface area (Å²) in [5.41, 5.74) is 18.2. The first kappa shape index (κ1) is 52.1. The Morgan fingerprint density at radius 1 is 0.256 bits per heavy atom. The fourth-order valence-corrected chi connectivity index (χ4v) is 11.0. The summed E-state index contributed by atoms with van der Waals surface area (Å²) < 4.78 is 2.33. The van der Waals surface area contributed by atoms with Crippen molar-refractivity contribution in [3.05, 3.63) is 333 Å². The highest BCUT2D eigenvalue weighted by atomic mass is 15.0. The Balaban J connectivity index is 0.000000110. The standard InChI is InChI=1S/C24H18N2.C21H19N.2C16H13N/c1-3-9-18(10-4-1)25-19-15-16-22-21-13-7-8-14-23(21)26(24(22)17-19)20-11-5-2-6-12-20;1-21(2)19-11-7-6-10-17(19)18-14-16(12-13-20(18)21)22-15-8-4-3-5-9-15;1-2-9-14(10-3-1)17-16-12-6-8-13-7-4-5-11-15(13)16;1-2-8-15(9-3-1)17-16-11-10-13-6-4-5-7-14(13)12-16/h1-17,25H;3-14,22H,1-2H3;2*1-12,17H. The lowest BCUT2D eigenvalue weighted by molar-refractivity contribution is 0.660. The minimum atomic E-state index is 0.0806. The Morgan fingerprint density at radius 2 is 0.695 bits per heavy atom. The molecule has 5 nitrogen and oxygen atoms in total. The van der Waals surface area contributed by atoms with Gasteiger partial charge in [0.15, 0.2) is 0 Å². The van der Waals surface area contributed by atoms with Gasteiger partial charge in [-0.1, -0.05) is 226 Å². The lowest BCUT2D eigenvalue weighted by Crippen LogP contribution is -2.14. The van der Waals surface area contributed by atoms with Crippen molar-refractivity contribution in [3.8, 4) is 16.8 Å². The normalized spacial score (nSPS) is 11.6. The van der Waals surface area contributed by atoms with Crippen LogP contribution in [-0.2, 0) is 5.41 Å². The molecule has 1 aliphatic rings. The number of anilines is 8. The van der Waals surface area contributed by atoms with Crippen LogP contribution < -0.4 is 21.3 Å². The number of benzene rings is 13. The Kier molecular flexibility index (Phi) is 15.4. The van der Waals surface area contributed by atoms with E-state index in [9.17, 15) is 0 Å². The number of para-hydroxylation sites is 6. The van der Waals surface area contributed by atoms with Crippen LogP contribution in [0.3, 0.4) is 0 Å². The van der Waals surface area contributed by atoms with Crippen LogP contribution in [0.4, 0.5) is 45.5 Å². The molecule has 0 saturated carbocycles. The second-order valence-electron chi connectivity index (χ2n) is 20.9. The second kappa shape index (κ2) is 24.2. The van der Waals surface area contributed by atoms with E-state index in [0.29, 0.717) is 0 Å². The third-order valence-corrected chi connectivity index (χ3v) is 15.1. The zero-order valence-corrected chi connectivity index (χ0v) is 46.0. The van der Waals surface area contributed by atoms with E-state index in [4.69, 9.17) is 0 Å². The van der Waals surface area contributed by atoms with Crippen LogP contribution in [0.5, 0.6) is 0 Å². The van der Waals surface area contributed by atoms with Crippen LogP contribution in [0, 0.1) is 0 Å². The summed E-state index contributed by atoms with van der Waals surface area (Å²) in [6.07, 6.45) is 0. The Labute approximate surface area is 480 Å². The van der Waals surface area contributed by atoms with Crippen molar-refractivity contribution < 1.29 is 0 Å². The van der Waals surface area contributed by atoms with E-state index < -0.39 is 0 Å². The predicted molar refractivity (Wildman–Crippen MR) is 352 cm³/mol. The average molecular weight is 1060 g/mol. The lowest BCUT2D eigenvalue weighted by Gasteiger charge is -2.21. The zero-order chi connectivity index (χ0) is 55.5. The number of hydrogen-bond donors (Lipinski definition) is 4. The minimum Gasteiger partial charge on any atom is -0.356 e. The molecule has 15 rings (SSSR count). The van der Waals surface area contributed by atoms with Gasteiger partial charge in [-0.15, -0.1) is 0 Å². The van der Waals surface area contributed by atoms with Crippen molar-refractivity contribution in [3.63, 3.8) is 0 Å². The van der Waals surface area contributed by atoms with E-state index >= 15 is 0 Å². The maximum absolute atomic E-state index is 3.51. The van der Waals surface area contributed by atoms with Crippen LogP contribution in [0.15, 0.2) is 322 Å². The van der Waals surface area contributed by atoms with Crippen molar-refractivity contribution in [2.24, 2.45) is 0 Å². The molecule has 4 N–H and O–H groups in total. The largest absolute Gasteiger partial charge is 0.356 e. The van der Waals surface area contributed by atoms with Gasteiger partial charge in [-0.2, -0.15) is 0 Å². The van der Waals surface area contributed by atoms with Crippen LogP contribution >= 0.6 is 0 Å². The molecule has 0 radical (unpaired) electrons. The molecule has 14 aromatic rings. The molecule has 0 unspecified atom stereocenters. The van der Waals surface area contributed by atoms with E-state index in [1.165, 1.54) is 71.3 Å². The molecule has 5 heteroatoms. The van der Waals surface area contributed by atoms with Gasteiger partial charge in [0.2, 0.25) is 0 Å². The van der Waals surface area contributed by atoms with E-state index in [0.717, 1.165) is 45.5 Å². The van der Waals surface area contributed by atoms with Crippen molar-refractivity contribution in [1.82, 2.24) is 4.57 Å². The summed E-state index contributed by atoms with van der Waals surface area (Å²) in [7, 11) is 0. The van der Waals surface area contributed by atoms with Gasteiger partial charge in [0.1, 0.15) is 0 Å². The van der Waals surface area contributed by atoms with E-state index in [-0.39, 0.29) is 5.41 Å². The monoisotopic (exact) mass is 1060 g/mol. The van der Waals surface area contributed by atoms with Gasteiger partial charge >= 0.3 is 0 Å². The highest BCUT2D eigenvalue weighted by Gasteiger charge is 2.35. The van der Waals surface area contributed by atoms with Crippen LogP contribution in [0.1, 0.15) is 25.0 Å². The first-order valence-corrected chi connectivity index (χ1v) is 28.0. The molecule has 0 spiro atoms. The van der Waals surface area contributed by atoms with Crippen LogP contribution in [0.2, 0.25) is 0 Å². The molecular weight excluding hydrogens is 995 g/mol. The second-order valence-corrected chi connectivity index (χ2v) is 20.9. The molecule has 0 fully saturated rings. The molecule has 396 valence electrons. The molecule has 1 aliphatic carbocycles. The first-order chi connectivity index (χ1) is 40.4. The number of rotatable bonds is 9. The van der Waals surface area contributed by atoms with E-state index in [1.807, 2.05) is 72.8 Å². The quantitative estimate of drug-likeness (QED) is 0.116. The van der Waals surface area contributed by atoms with Gasteiger partial charge in [0.25, 0.3) is 0 Å². The maximum Gasteiger partial charge on any atom is 0.0561 e. The Hall–Kier alpha value is -10.6. The highest BCUT2D eigenvalue weighted by Crippen LogP contribution is 2.49. The number of hydrogen-bond acceptors (Lipinski definition) is 4. The van der Waals surface area contributed by atoms with Gasteiger partial charge in [0.05, 0.1) is 11.0 Å². The lowest BCUT2D eigenvalue weighted by atomic mass is 9.82. The summed E-state index contributed by atoms with van der Waals surface area (Å²) in [6, 6.07) is 112. The van der Waals surface area contributed by atoms with Gasteiger partial charge in [-0.25, -0.2) is 0 Å². The van der Waals surface area contributed by atoms with E-state index in [1.54, 1.807) is 0 Å². The molecule has 82 heavy (non-hydrogen) atoms. The van der Waals surface area contributed by atoms with Crippen molar-refractivity contribution >= 4 is 88.8 Å². The molecule has 13 aromatic carbocycles. The van der Waals surface area contributed by atoms with E-state index in [2.05, 4.69) is 288 Å². The van der Waals surface area contributed by atoms with Crippen molar-refractivity contribution in [2.75, 3.05) is 21.3 Å². The smallest absolute Gasteiger partial charge is 0.0561 e. The molecule has 0 amide bonds. The molecule has 0 bridgehead atoms. The first-order valence-electron chi connectivity index (χ1n) is 28.0. The average Bonchev–Trinajstić information content (AvgIpc) is 4.07. The van der Waals surface area contributed by atoms with Crippen LogP contribution in [0.25, 0.3) is 60.2 Å². The Morgan fingerprint density at radius 3 is 1.34 bits per heavy atom. The van der Waals surface area contributed by atoms with Gasteiger partial charge < -0.3 is 25.8 Å².